The van der Waals surface area contributed by atoms with Gasteiger partial charge < -0.3 is 9.47 Å². The highest BCUT2D eigenvalue weighted by atomic mass is 19.3. The van der Waals surface area contributed by atoms with Gasteiger partial charge in [-0.3, -0.25) is 9.78 Å². The average Bonchev–Trinajstić information content (AvgIpc) is 2.31. The van der Waals surface area contributed by atoms with Crippen LogP contribution in [0.4, 0.5) is 8.78 Å². The molecule has 96 valence electrons. The van der Waals surface area contributed by atoms with Crippen molar-refractivity contribution in [3.8, 4) is 0 Å². The molecule has 2 heterocycles. The largest absolute Gasteiger partial charge is 0.377 e. The second kappa shape index (κ2) is 6.86. The van der Waals surface area contributed by atoms with Crippen LogP contribution in [-0.4, -0.2) is 41.2 Å². The summed E-state index contributed by atoms with van der Waals surface area (Å²) in [6.45, 7) is 0.0827. The van der Waals surface area contributed by atoms with E-state index in [9.17, 15) is 18.4 Å². The van der Waals surface area contributed by atoms with Gasteiger partial charge in [-0.15, -0.1) is 0 Å². The lowest BCUT2D eigenvalue weighted by molar-refractivity contribution is -0.0334. The predicted molar refractivity (Wildman–Crippen MR) is 52.0 cm³/mol. The van der Waals surface area contributed by atoms with Gasteiger partial charge in [-0.25, -0.2) is 4.79 Å². The van der Waals surface area contributed by atoms with Gasteiger partial charge in [0.2, 0.25) is 0 Å². The molecule has 1 saturated heterocycles. The molecular formula is C8H11F2N3O4. The monoisotopic (exact) mass is 251 g/mol. The lowest BCUT2D eigenvalue weighted by Gasteiger charge is -2.09. The SMILES string of the molecule is C1COCCO1.O=c1cnn(C(F)F)c(=O)[nH]1. The first-order chi connectivity index (χ1) is 8.11. The minimum atomic E-state index is -3.03. The van der Waals surface area contributed by atoms with Crippen molar-refractivity contribution in [2.45, 2.75) is 6.55 Å². The number of halogens is 2. The third-order valence-electron chi connectivity index (χ3n) is 1.67. The van der Waals surface area contributed by atoms with E-state index in [-0.39, 0.29) is 4.68 Å². The first-order valence-electron chi connectivity index (χ1n) is 4.73. The van der Waals surface area contributed by atoms with Crippen LogP contribution in [0, 0.1) is 0 Å². The van der Waals surface area contributed by atoms with Crippen LogP contribution in [0.15, 0.2) is 15.8 Å². The summed E-state index contributed by atoms with van der Waals surface area (Å²) in [4.78, 5) is 22.4. The van der Waals surface area contributed by atoms with E-state index >= 15 is 0 Å². The van der Waals surface area contributed by atoms with Crippen LogP contribution in [0.25, 0.3) is 0 Å². The number of aromatic amines is 1. The quantitative estimate of drug-likeness (QED) is 0.717. The van der Waals surface area contributed by atoms with Gasteiger partial charge in [-0.2, -0.15) is 18.6 Å². The van der Waals surface area contributed by atoms with Crippen molar-refractivity contribution in [3.05, 3.63) is 27.0 Å². The summed E-state index contributed by atoms with van der Waals surface area (Å²) in [6, 6.07) is 0. The Morgan fingerprint density at radius 1 is 1.24 bits per heavy atom. The first kappa shape index (κ1) is 13.5. The Labute approximate surface area is 94.0 Å². The number of alkyl halides is 2. The summed E-state index contributed by atoms with van der Waals surface area (Å²) >= 11 is 0. The van der Waals surface area contributed by atoms with Gasteiger partial charge in [-0.1, -0.05) is 0 Å². The highest BCUT2D eigenvalue weighted by Gasteiger charge is 2.07. The number of nitrogens with one attached hydrogen (secondary N) is 1. The molecule has 0 atom stereocenters. The number of ether oxygens (including phenoxy) is 2. The standard InChI is InChI=1S/C4H3F2N3O2.C4H8O2/c5-3(6)9-4(11)8-2(10)1-7-9;1-2-6-4-3-5-1/h1,3H,(H,8,10,11);1-4H2. The molecule has 0 spiro atoms. The number of rotatable bonds is 1. The summed E-state index contributed by atoms with van der Waals surface area (Å²) in [5.74, 6) is 0. The molecule has 1 fully saturated rings. The lowest BCUT2D eigenvalue weighted by Crippen LogP contribution is -2.31. The van der Waals surface area contributed by atoms with E-state index in [1.54, 1.807) is 4.98 Å². The van der Waals surface area contributed by atoms with E-state index in [1.807, 2.05) is 0 Å². The molecule has 0 radical (unpaired) electrons. The van der Waals surface area contributed by atoms with Crippen LogP contribution in [0.5, 0.6) is 0 Å². The molecule has 0 amide bonds. The Balaban J connectivity index is 0.000000202. The summed E-state index contributed by atoms with van der Waals surface area (Å²) < 4.78 is 33.2. The van der Waals surface area contributed by atoms with Gasteiger partial charge in [0.1, 0.15) is 6.20 Å². The van der Waals surface area contributed by atoms with E-state index in [1.165, 1.54) is 0 Å². The summed E-state index contributed by atoms with van der Waals surface area (Å²) in [5.41, 5.74) is -2.01. The number of H-pyrrole nitrogens is 1. The molecule has 1 aliphatic heterocycles. The maximum absolute atomic E-state index is 11.7. The van der Waals surface area contributed by atoms with Crippen molar-refractivity contribution in [3.63, 3.8) is 0 Å². The maximum Gasteiger partial charge on any atom is 0.349 e. The topological polar surface area (TPSA) is 86.2 Å². The fourth-order valence-electron chi connectivity index (χ4n) is 0.941. The maximum atomic E-state index is 11.7. The third kappa shape index (κ3) is 4.83. The lowest BCUT2D eigenvalue weighted by atomic mass is 10.6. The molecule has 0 saturated carbocycles. The molecular weight excluding hydrogens is 240 g/mol. The molecule has 0 bridgehead atoms. The first-order valence-corrected chi connectivity index (χ1v) is 4.73. The highest BCUT2D eigenvalue weighted by Crippen LogP contribution is 2.00. The zero-order valence-electron chi connectivity index (χ0n) is 8.77. The zero-order valence-corrected chi connectivity index (χ0v) is 8.77. The number of nitrogens with zero attached hydrogens (tertiary/aromatic N) is 2. The average molecular weight is 251 g/mol. The Morgan fingerprint density at radius 2 is 1.76 bits per heavy atom. The van der Waals surface area contributed by atoms with Gasteiger partial charge in [0.15, 0.2) is 0 Å². The van der Waals surface area contributed by atoms with Crippen LogP contribution >= 0.6 is 0 Å². The van der Waals surface area contributed by atoms with Crippen molar-refractivity contribution >= 4 is 0 Å². The van der Waals surface area contributed by atoms with E-state index in [4.69, 9.17) is 9.47 Å². The molecule has 2 rings (SSSR count). The van der Waals surface area contributed by atoms with Gasteiger partial charge >= 0.3 is 12.2 Å². The summed E-state index contributed by atoms with van der Waals surface area (Å²) in [7, 11) is 0. The molecule has 1 N–H and O–H groups in total. The fraction of sp³-hybridized carbons (Fsp3) is 0.625. The van der Waals surface area contributed by atoms with E-state index in [2.05, 4.69) is 5.10 Å². The number of hydrogen-bond donors (Lipinski definition) is 1. The van der Waals surface area contributed by atoms with Crippen LogP contribution in [0.2, 0.25) is 0 Å². The van der Waals surface area contributed by atoms with Crippen LogP contribution < -0.4 is 11.2 Å². The Morgan fingerprint density at radius 3 is 2.12 bits per heavy atom. The fourth-order valence-corrected chi connectivity index (χ4v) is 0.941. The number of hydrogen-bond acceptors (Lipinski definition) is 5. The van der Waals surface area contributed by atoms with Gasteiger partial charge in [0.25, 0.3) is 5.56 Å². The molecule has 1 aliphatic rings. The Hall–Kier alpha value is -1.61. The number of aromatic nitrogens is 3. The molecule has 1 aromatic heterocycles. The summed E-state index contributed by atoms with van der Waals surface area (Å²) in [6.07, 6.45) is 0.605. The molecule has 9 heteroatoms. The van der Waals surface area contributed by atoms with Crippen LogP contribution in [-0.2, 0) is 9.47 Å². The minimum absolute atomic E-state index is 0.124. The molecule has 0 aromatic carbocycles. The van der Waals surface area contributed by atoms with E-state index < -0.39 is 17.8 Å². The second-order valence-electron chi connectivity index (χ2n) is 2.89. The van der Waals surface area contributed by atoms with Crippen molar-refractivity contribution in [1.29, 1.82) is 0 Å². The Kier molecular flexibility index (Phi) is 5.43. The molecule has 17 heavy (non-hydrogen) atoms. The van der Waals surface area contributed by atoms with Crippen molar-refractivity contribution < 1.29 is 18.3 Å². The molecule has 1 aromatic rings. The summed E-state index contributed by atoms with van der Waals surface area (Å²) in [5, 5.41) is 2.89. The van der Waals surface area contributed by atoms with Crippen molar-refractivity contribution in [2.75, 3.05) is 26.4 Å². The highest BCUT2D eigenvalue weighted by molar-refractivity contribution is 4.68. The third-order valence-corrected chi connectivity index (χ3v) is 1.67. The Bertz CT molecular complexity index is 429. The van der Waals surface area contributed by atoms with Gasteiger partial charge in [-0.05, 0) is 0 Å². The van der Waals surface area contributed by atoms with E-state index in [0.29, 0.717) is 6.20 Å². The molecule has 0 aliphatic carbocycles. The van der Waals surface area contributed by atoms with Crippen LogP contribution in [0.3, 0.4) is 0 Å². The van der Waals surface area contributed by atoms with Crippen molar-refractivity contribution in [2.24, 2.45) is 0 Å². The minimum Gasteiger partial charge on any atom is -0.377 e. The smallest absolute Gasteiger partial charge is 0.349 e. The van der Waals surface area contributed by atoms with Crippen LogP contribution in [0.1, 0.15) is 6.55 Å². The molecule has 0 unspecified atom stereocenters. The van der Waals surface area contributed by atoms with Crippen molar-refractivity contribution in [1.82, 2.24) is 14.8 Å². The predicted octanol–water partition coefficient (Wildman–Crippen LogP) is -0.640. The van der Waals surface area contributed by atoms with Gasteiger partial charge in [0.05, 0.1) is 26.4 Å². The molecule has 7 nitrogen and oxygen atoms in total. The van der Waals surface area contributed by atoms with E-state index in [0.717, 1.165) is 26.4 Å². The normalized spacial score (nSPS) is 15.2. The van der Waals surface area contributed by atoms with Gasteiger partial charge in [0, 0.05) is 0 Å². The zero-order chi connectivity index (χ0) is 12.7. The second-order valence-corrected chi connectivity index (χ2v) is 2.89.